The van der Waals surface area contributed by atoms with Gasteiger partial charge >= 0.3 is 0 Å². The maximum Gasteiger partial charge on any atom is 0.271 e. The predicted molar refractivity (Wildman–Crippen MR) is 125 cm³/mol. The van der Waals surface area contributed by atoms with Gasteiger partial charge in [0.2, 0.25) is 5.91 Å². The van der Waals surface area contributed by atoms with Gasteiger partial charge in [-0.15, -0.1) is 0 Å². The van der Waals surface area contributed by atoms with Crippen molar-refractivity contribution in [2.24, 2.45) is 0 Å². The van der Waals surface area contributed by atoms with Crippen LogP contribution >= 0.6 is 0 Å². The largest absolute Gasteiger partial charge is 0.376 e. The molecule has 1 aromatic heterocycles. The van der Waals surface area contributed by atoms with Crippen molar-refractivity contribution in [3.05, 3.63) is 36.0 Å². The Balaban J connectivity index is 1.47. The lowest BCUT2D eigenvalue weighted by Crippen LogP contribution is -2.66. The van der Waals surface area contributed by atoms with Gasteiger partial charge in [-0.2, -0.15) is 0 Å². The Labute approximate surface area is 190 Å². The molecule has 2 aliphatic heterocycles. The highest BCUT2D eigenvalue weighted by molar-refractivity contribution is 6.03. The molecule has 0 spiro atoms. The van der Waals surface area contributed by atoms with Gasteiger partial charge in [-0.3, -0.25) is 9.59 Å². The molecule has 3 aliphatic rings. The molecular weight excluding hydrogens is 402 g/mol. The molecule has 172 valence electrons. The molecule has 0 bridgehead atoms. The zero-order valence-electron chi connectivity index (χ0n) is 19.1. The van der Waals surface area contributed by atoms with E-state index in [9.17, 15) is 9.59 Å². The van der Waals surface area contributed by atoms with E-state index >= 15 is 0 Å². The number of fused-ring (bicyclic) bond motifs is 3. The minimum Gasteiger partial charge on any atom is -0.376 e. The first kappa shape index (κ1) is 21.5. The maximum absolute atomic E-state index is 13.8. The number of rotatable bonds is 4. The summed E-state index contributed by atoms with van der Waals surface area (Å²) < 4.78 is 7.92. The van der Waals surface area contributed by atoms with Crippen molar-refractivity contribution in [2.75, 3.05) is 13.2 Å². The summed E-state index contributed by atoms with van der Waals surface area (Å²) >= 11 is 0. The molecule has 2 fully saturated rings. The van der Waals surface area contributed by atoms with E-state index < -0.39 is 5.54 Å². The normalized spacial score (nSPS) is 27.2. The van der Waals surface area contributed by atoms with Crippen molar-refractivity contribution in [3.8, 4) is 0 Å². The van der Waals surface area contributed by atoms with E-state index in [2.05, 4.69) is 5.32 Å². The van der Waals surface area contributed by atoms with Crippen LogP contribution in [0.15, 0.2) is 30.3 Å². The quantitative estimate of drug-likeness (QED) is 0.777. The Kier molecular flexibility index (Phi) is 5.97. The Hall–Kier alpha value is -2.34. The summed E-state index contributed by atoms with van der Waals surface area (Å²) in [7, 11) is 0. The number of hydrogen-bond donors (Lipinski definition) is 1. The number of amides is 2. The Morgan fingerprint density at radius 2 is 1.84 bits per heavy atom. The number of ether oxygens (including phenoxy) is 1. The minimum absolute atomic E-state index is 0.00314. The van der Waals surface area contributed by atoms with Crippen LogP contribution < -0.4 is 5.32 Å². The third-order valence-corrected chi connectivity index (χ3v) is 7.68. The van der Waals surface area contributed by atoms with Crippen LogP contribution in [0.1, 0.15) is 75.2 Å². The van der Waals surface area contributed by atoms with Crippen molar-refractivity contribution >= 4 is 22.7 Å². The van der Waals surface area contributed by atoms with Gasteiger partial charge in [0.1, 0.15) is 11.2 Å². The standard InChI is InChI=1S/C26H35N3O3/c1-26(25(31)27-20-11-5-3-2-4-6-12-20)18-28-22-14-8-7-10-19(22)16-23(28)24(30)29(26)17-21-13-9-15-32-21/h7-8,10,14,16,20-21H,2-6,9,11-13,15,17-18H2,1H3,(H,27,31). The average molecular weight is 438 g/mol. The highest BCUT2D eigenvalue weighted by Crippen LogP contribution is 2.34. The molecule has 2 amide bonds. The molecule has 1 aromatic carbocycles. The second-order valence-electron chi connectivity index (χ2n) is 10.0. The molecule has 1 aliphatic carbocycles. The first-order chi connectivity index (χ1) is 15.6. The second-order valence-corrected chi connectivity index (χ2v) is 10.0. The fourth-order valence-electron chi connectivity index (χ4n) is 5.73. The van der Waals surface area contributed by atoms with E-state index in [4.69, 9.17) is 4.74 Å². The monoisotopic (exact) mass is 437 g/mol. The third-order valence-electron chi connectivity index (χ3n) is 7.68. The topological polar surface area (TPSA) is 63.6 Å². The summed E-state index contributed by atoms with van der Waals surface area (Å²) in [5, 5.41) is 4.40. The molecule has 0 radical (unpaired) electrons. The van der Waals surface area contributed by atoms with Crippen LogP contribution in [0.3, 0.4) is 0 Å². The number of carbonyl (C=O) groups excluding carboxylic acids is 2. The number of benzene rings is 1. The lowest BCUT2D eigenvalue weighted by Gasteiger charge is -2.45. The fourth-order valence-corrected chi connectivity index (χ4v) is 5.73. The maximum atomic E-state index is 13.8. The molecular formula is C26H35N3O3. The summed E-state index contributed by atoms with van der Waals surface area (Å²) in [4.78, 5) is 29.4. The van der Waals surface area contributed by atoms with Crippen LogP contribution in [0.2, 0.25) is 0 Å². The van der Waals surface area contributed by atoms with Crippen molar-refractivity contribution in [2.45, 2.75) is 88.9 Å². The van der Waals surface area contributed by atoms with Gasteiger partial charge in [0.25, 0.3) is 5.91 Å². The molecule has 6 nitrogen and oxygen atoms in total. The number of carbonyl (C=O) groups is 2. The molecule has 32 heavy (non-hydrogen) atoms. The van der Waals surface area contributed by atoms with Crippen LogP contribution in [-0.4, -0.2) is 52.1 Å². The smallest absolute Gasteiger partial charge is 0.271 e. The number of hydrogen-bond acceptors (Lipinski definition) is 3. The van der Waals surface area contributed by atoms with Crippen LogP contribution in [0, 0.1) is 0 Å². The minimum atomic E-state index is -0.944. The fraction of sp³-hybridized carbons (Fsp3) is 0.615. The van der Waals surface area contributed by atoms with E-state index in [1.54, 1.807) is 4.90 Å². The Morgan fingerprint density at radius 1 is 1.09 bits per heavy atom. The second kappa shape index (κ2) is 8.89. The molecule has 5 rings (SSSR count). The number of para-hydroxylation sites is 1. The van der Waals surface area contributed by atoms with E-state index in [-0.39, 0.29) is 24.0 Å². The van der Waals surface area contributed by atoms with Crippen molar-refractivity contribution in [1.82, 2.24) is 14.8 Å². The highest BCUT2D eigenvalue weighted by atomic mass is 16.5. The lowest BCUT2D eigenvalue weighted by atomic mass is 9.91. The predicted octanol–water partition coefficient (Wildman–Crippen LogP) is 4.26. The van der Waals surface area contributed by atoms with Crippen molar-refractivity contribution in [3.63, 3.8) is 0 Å². The molecule has 3 heterocycles. The number of nitrogens with one attached hydrogen (secondary N) is 1. The van der Waals surface area contributed by atoms with E-state index in [1.807, 2.05) is 41.8 Å². The van der Waals surface area contributed by atoms with Gasteiger partial charge in [0, 0.05) is 30.1 Å². The van der Waals surface area contributed by atoms with Gasteiger partial charge < -0.3 is 19.5 Å². The number of nitrogens with zero attached hydrogens (tertiary/aromatic N) is 2. The summed E-state index contributed by atoms with van der Waals surface area (Å²) in [5.41, 5.74) is 0.734. The van der Waals surface area contributed by atoms with Crippen molar-refractivity contribution in [1.29, 1.82) is 0 Å². The van der Waals surface area contributed by atoms with Gasteiger partial charge in [-0.1, -0.05) is 50.3 Å². The molecule has 2 atom stereocenters. The summed E-state index contributed by atoms with van der Waals surface area (Å²) in [6, 6.07) is 10.2. The first-order valence-electron chi connectivity index (χ1n) is 12.4. The molecule has 2 aromatic rings. The zero-order chi connectivity index (χ0) is 22.1. The molecule has 2 unspecified atom stereocenters. The molecule has 6 heteroatoms. The number of aromatic nitrogens is 1. The van der Waals surface area contributed by atoms with E-state index in [0.29, 0.717) is 18.8 Å². The van der Waals surface area contributed by atoms with Gasteiger partial charge in [0.05, 0.1) is 12.6 Å². The average Bonchev–Trinajstić information content (AvgIpc) is 3.41. The zero-order valence-corrected chi connectivity index (χ0v) is 19.1. The molecule has 1 saturated carbocycles. The van der Waals surface area contributed by atoms with Gasteiger partial charge in [-0.25, -0.2) is 0 Å². The van der Waals surface area contributed by atoms with Gasteiger partial charge in [-0.05, 0) is 44.7 Å². The summed E-state index contributed by atoms with van der Waals surface area (Å²) in [5.74, 6) is -0.101. The van der Waals surface area contributed by atoms with Crippen LogP contribution in [0.5, 0.6) is 0 Å². The van der Waals surface area contributed by atoms with Gasteiger partial charge in [0.15, 0.2) is 0 Å². The Bertz CT molecular complexity index is 985. The molecule has 1 saturated heterocycles. The first-order valence-corrected chi connectivity index (χ1v) is 12.4. The van der Waals surface area contributed by atoms with Crippen LogP contribution in [0.4, 0.5) is 0 Å². The SMILES string of the molecule is CC1(C(=O)NC2CCCCCCC2)Cn2c(cc3ccccc32)C(=O)N1CC1CCCO1. The van der Waals surface area contributed by atoms with Crippen molar-refractivity contribution < 1.29 is 14.3 Å². The molecule has 1 N–H and O–H groups in total. The van der Waals surface area contributed by atoms with Crippen LogP contribution in [0.25, 0.3) is 10.9 Å². The Morgan fingerprint density at radius 3 is 2.59 bits per heavy atom. The summed E-state index contributed by atoms with van der Waals surface area (Å²) in [6.07, 6.45) is 10.1. The highest BCUT2D eigenvalue weighted by Gasteiger charge is 2.49. The van der Waals surface area contributed by atoms with E-state index in [1.165, 1.54) is 19.3 Å². The van der Waals surface area contributed by atoms with Crippen LogP contribution in [-0.2, 0) is 16.1 Å². The third kappa shape index (κ3) is 3.94. The van der Waals surface area contributed by atoms with E-state index in [0.717, 1.165) is 56.0 Å². The lowest BCUT2D eigenvalue weighted by molar-refractivity contribution is -0.134. The summed E-state index contributed by atoms with van der Waals surface area (Å²) in [6.45, 7) is 3.61.